The van der Waals surface area contributed by atoms with Crippen molar-refractivity contribution in [2.24, 2.45) is 10.4 Å². The molecule has 128 valence electrons. The molecule has 1 aliphatic heterocycles. The maximum Gasteiger partial charge on any atom is 0.314 e. The van der Waals surface area contributed by atoms with Crippen LogP contribution in [0.3, 0.4) is 0 Å². The molecule has 6 heteroatoms. The molecule has 25 heavy (non-hydrogen) atoms. The van der Waals surface area contributed by atoms with E-state index in [2.05, 4.69) is 0 Å². The van der Waals surface area contributed by atoms with Gasteiger partial charge in [0.2, 0.25) is 0 Å². The van der Waals surface area contributed by atoms with E-state index in [9.17, 15) is 14.9 Å². The van der Waals surface area contributed by atoms with Crippen molar-refractivity contribution in [1.82, 2.24) is 0 Å². The molecule has 0 fully saturated rings. The van der Waals surface area contributed by atoms with E-state index >= 15 is 0 Å². The number of nitro benzene ring substituents is 1. The molecule has 2 aromatic carbocycles. The van der Waals surface area contributed by atoms with Gasteiger partial charge in [0.1, 0.15) is 0 Å². The number of rotatable bonds is 4. The molecule has 1 heterocycles. The topological polar surface area (TPSA) is 81.8 Å². The number of aliphatic imine (C=N–C) groups is 1. The molecule has 0 aliphatic carbocycles. The Morgan fingerprint density at radius 3 is 2.40 bits per heavy atom. The largest absolute Gasteiger partial charge is 0.469 e. The lowest BCUT2D eigenvalue weighted by molar-refractivity contribution is -0.384. The molecular weight excluding hydrogens is 320 g/mol. The summed E-state index contributed by atoms with van der Waals surface area (Å²) in [6.45, 7) is 1.85. The highest BCUT2D eigenvalue weighted by Crippen LogP contribution is 2.47. The fourth-order valence-corrected chi connectivity index (χ4v) is 3.24. The van der Waals surface area contributed by atoms with Gasteiger partial charge in [0.05, 0.1) is 23.5 Å². The molecule has 0 saturated heterocycles. The molecule has 6 nitrogen and oxygen atoms in total. The summed E-state index contributed by atoms with van der Waals surface area (Å²) in [6.07, 6.45) is 0.414. The Labute approximate surface area is 145 Å². The quantitative estimate of drug-likeness (QED) is 0.483. The Morgan fingerprint density at radius 1 is 1.20 bits per heavy atom. The van der Waals surface area contributed by atoms with Gasteiger partial charge in [0.25, 0.3) is 5.69 Å². The van der Waals surface area contributed by atoms with E-state index in [1.165, 1.54) is 19.2 Å². The van der Waals surface area contributed by atoms with Crippen LogP contribution in [-0.2, 0) is 9.53 Å². The van der Waals surface area contributed by atoms with Crippen molar-refractivity contribution in [1.29, 1.82) is 0 Å². The SMILES string of the molecule is COC(=O)[C@]1(C)CC(c2ccc([N+](=O)[O-])cc2)=N[C@H]1c1ccccc1. The second kappa shape index (κ2) is 6.47. The lowest BCUT2D eigenvalue weighted by Crippen LogP contribution is -2.32. The van der Waals surface area contributed by atoms with E-state index in [0.29, 0.717) is 6.42 Å². The van der Waals surface area contributed by atoms with Crippen LogP contribution < -0.4 is 0 Å². The van der Waals surface area contributed by atoms with Gasteiger partial charge < -0.3 is 4.74 Å². The normalized spacial score (nSPS) is 22.3. The maximum atomic E-state index is 12.5. The third-order valence-corrected chi connectivity index (χ3v) is 4.60. The summed E-state index contributed by atoms with van der Waals surface area (Å²) in [7, 11) is 1.37. The van der Waals surface area contributed by atoms with Gasteiger partial charge >= 0.3 is 5.97 Å². The monoisotopic (exact) mass is 338 g/mol. The fraction of sp³-hybridized carbons (Fsp3) is 0.263. The predicted molar refractivity (Wildman–Crippen MR) is 93.6 cm³/mol. The first-order valence-corrected chi connectivity index (χ1v) is 7.90. The Hall–Kier alpha value is -3.02. The molecule has 1 aliphatic rings. The molecule has 0 spiro atoms. The number of methoxy groups -OCH3 is 1. The number of hydrogen-bond acceptors (Lipinski definition) is 5. The minimum atomic E-state index is -0.812. The highest BCUT2D eigenvalue weighted by molar-refractivity contribution is 6.05. The molecule has 2 aromatic rings. The first kappa shape index (κ1) is 16.8. The number of nitrogens with zero attached hydrogens (tertiary/aromatic N) is 2. The van der Waals surface area contributed by atoms with E-state index in [4.69, 9.17) is 9.73 Å². The number of benzene rings is 2. The zero-order valence-corrected chi connectivity index (χ0v) is 14.0. The molecule has 0 radical (unpaired) electrons. The summed E-state index contributed by atoms with van der Waals surface area (Å²) in [5.41, 5.74) is 1.67. The van der Waals surface area contributed by atoms with E-state index in [0.717, 1.165) is 16.8 Å². The van der Waals surface area contributed by atoms with Crippen LogP contribution in [0, 0.1) is 15.5 Å². The predicted octanol–water partition coefficient (Wildman–Crippen LogP) is 3.71. The third-order valence-electron chi connectivity index (χ3n) is 4.60. The molecule has 0 amide bonds. The van der Waals surface area contributed by atoms with Crippen molar-refractivity contribution >= 4 is 17.4 Å². The van der Waals surface area contributed by atoms with Gasteiger partial charge in [-0.2, -0.15) is 0 Å². The third kappa shape index (κ3) is 3.03. The van der Waals surface area contributed by atoms with Gasteiger partial charge in [0.15, 0.2) is 0 Å². The van der Waals surface area contributed by atoms with Crippen LogP contribution in [0.2, 0.25) is 0 Å². The standard InChI is InChI=1S/C19H18N2O4/c1-19(18(22)25-2)12-16(13-8-10-15(11-9-13)21(23)24)20-17(19)14-6-4-3-5-7-14/h3-11,17H,12H2,1-2H3/t17-,19+/m0/s1. The lowest BCUT2D eigenvalue weighted by atomic mass is 9.77. The van der Waals surface area contributed by atoms with Crippen molar-refractivity contribution in [2.45, 2.75) is 19.4 Å². The van der Waals surface area contributed by atoms with Crippen LogP contribution in [0.25, 0.3) is 0 Å². The first-order chi connectivity index (χ1) is 12.0. The summed E-state index contributed by atoms with van der Waals surface area (Å²) in [5, 5.41) is 10.8. The summed E-state index contributed by atoms with van der Waals surface area (Å²) in [4.78, 5) is 27.6. The minimum Gasteiger partial charge on any atom is -0.469 e. The molecular formula is C19H18N2O4. The number of nitro groups is 1. The van der Waals surface area contributed by atoms with Crippen LogP contribution in [0.15, 0.2) is 59.6 Å². The van der Waals surface area contributed by atoms with Gasteiger partial charge in [-0.05, 0) is 30.2 Å². The van der Waals surface area contributed by atoms with E-state index in [1.54, 1.807) is 12.1 Å². The average molecular weight is 338 g/mol. The van der Waals surface area contributed by atoms with Crippen molar-refractivity contribution in [3.05, 3.63) is 75.8 Å². The molecule has 3 rings (SSSR count). The number of carbonyl (C=O) groups is 1. The Balaban J connectivity index is 2.01. The number of hydrogen-bond donors (Lipinski definition) is 0. The maximum absolute atomic E-state index is 12.5. The number of ether oxygens (including phenoxy) is 1. The first-order valence-electron chi connectivity index (χ1n) is 7.90. The van der Waals surface area contributed by atoms with Crippen molar-refractivity contribution in [2.75, 3.05) is 7.11 Å². The summed E-state index contributed by atoms with van der Waals surface area (Å²) in [6, 6.07) is 15.5. The van der Waals surface area contributed by atoms with Crippen LogP contribution in [0.1, 0.15) is 30.5 Å². The molecule has 0 saturated carbocycles. The van der Waals surface area contributed by atoms with Crippen molar-refractivity contribution in [3.63, 3.8) is 0 Å². The van der Waals surface area contributed by atoms with Crippen molar-refractivity contribution < 1.29 is 14.5 Å². The van der Waals surface area contributed by atoms with Crippen molar-refractivity contribution in [3.8, 4) is 0 Å². The Bertz CT molecular complexity index is 830. The van der Waals surface area contributed by atoms with E-state index in [1.807, 2.05) is 37.3 Å². The summed E-state index contributed by atoms with van der Waals surface area (Å²) < 4.78 is 5.02. The number of non-ortho nitro benzene ring substituents is 1. The van der Waals surface area contributed by atoms with Gasteiger partial charge in [-0.25, -0.2) is 0 Å². The second-order valence-corrected chi connectivity index (χ2v) is 6.28. The molecule has 2 atom stereocenters. The molecule has 0 N–H and O–H groups in total. The van der Waals surface area contributed by atoms with Crippen LogP contribution in [-0.4, -0.2) is 23.7 Å². The second-order valence-electron chi connectivity index (χ2n) is 6.28. The fourth-order valence-electron chi connectivity index (χ4n) is 3.24. The number of esters is 1. The zero-order chi connectivity index (χ0) is 18.0. The van der Waals surface area contributed by atoms with E-state index in [-0.39, 0.29) is 17.7 Å². The van der Waals surface area contributed by atoms with Gasteiger partial charge in [-0.15, -0.1) is 0 Å². The van der Waals surface area contributed by atoms with Crippen LogP contribution in [0.5, 0.6) is 0 Å². The van der Waals surface area contributed by atoms with Gasteiger partial charge in [-0.1, -0.05) is 30.3 Å². The highest BCUT2D eigenvalue weighted by Gasteiger charge is 2.48. The van der Waals surface area contributed by atoms with Crippen LogP contribution in [0.4, 0.5) is 5.69 Å². The Morgan fingerprint density at radius 2 is 1.84 bits per heavy atom. The van der Waals surface area contributed by atoms with E-state index < -0.39 is 10.3 Å². The van der Waals surface area contributed by atoms with Crippen LogP contribution >= 0.6 is 0 Å². The Kier molecular flexibility index (Phi) is 4.35. The summed E-state index contributed by atoms with van der Waals surface area (Å²) in [5.74, 6) is -0.318. The molecule has 0 bridgehead atoms. The number of carbonyl (C=O) groups excluding carboxylic acids is 1. The minimum absolute atomic E-state index is 0.0256. The average Bonchev–Trinajstić information content (AvgIpc) is 3.00. The highest BCUT2D eigenvalue weighted by atomic mass is 16.6. The molecule has 0 unspecified atom stereocenters. The molecule has 0 aromatic heterocycles. The lowest BCUT2D eigenvalue weighted by Gasteiger charge is -2.27. The zero-order valence-electron chi connectivity index (χ0n) is 14.0. The van der Waals surface area contributed by atoms with Gasteiger partial charge in [0, 0.05) is 24.3 Å². The summed E-state index contributed by atoms with van der Waals surface area (Å²) >= 11 is 0. The van der Waals surface area contributed by atoms with Gasteiger partial charge in [-0.3, -0.25) is 19.9 Å². The smallest absolute Gasteiger partial charge is 0.314 e.